The molecule has 1 N–H and O–H groups in total. The van der Waals surface area contributed by atoms with Crippen molar-refractivity contribution < 1.29 is 9.32 Å². The van der Waals surface area contributed by atoms with Gasteiger partial charge in [0.1, 0.15) is 0 Å². The third-order valence-electron chi connectivity index (χ3n) is 3.71. The summed E-state index contributed by atoms with van der Waals surface area (Å²) < 4.78 is 6.60. The van der Waals surface area contributed by atoms with Gasteiger partial charge in [-0.15, -0.1) is 5.10 Å². The first-order valence-corrected chi connectivity index (χ1v) is 8.37. The van der Waals surface area contributed by atoms with Crippen molar-refractivity contribution in [3.63, 3.8) is 0 Å². The van der Waals surface area contributed by atoms with Gasteiger partial charge in [-0.1, -0.05) is 34.1 Å². The predicted octanol–water partition coefficient (Wildman–Crippen LogP) is 3.53. The second-order valence-electron chi connectivity index (χ2n) is 5.77. The van der Waals surface area contributed by atoms with Gasteiger partial charge in [-0.3, -0.25) is 4.79 Å². The van der Waals surface area contributed by atoms with E-state index in [0.29, 0.717) is 16.4 Å². The normalized spacial score (nSPS) is 10.7. The Morgan fingerprint density at radius 3 is 2.78 bits per heavy atom. The van der Waals surface area contributed by atoms with Crippen molar-refractivity contribution >= 4 is 23.2 Å². The minimum atomic E-state index is -0.496. The molecule has 4 aromatic rings. The first kappa shape index (κ1) is 16.9. The molecule has 134 valence electrons. The summed E-state index contributed by atoms with van der Waals surface area (Å²) in [6.07, 6.45) is 1.64. The molecule has 0 aliphatic heterocycles. The van der Waals surface area contributed by atoms with E-state index in [2.05, 4.69) is 25.8 Å². The lowest BCUT2D eigenvalue weighted by Crippen LogP contribution is -2.12. The van der Waals surface area contributed by atoms with Crippen LogP contribution in [0.5, 0.6) is 0 Å². The standard InChI is InChI=1S/C18H13ClN6O2/c1-11-3-2-4-13(9-11)20-17(26)18-21-16(23-27-18)15-10-25(24-22-15)14-7-5-12(19)6-8-14/h2-10H,1H3,(H,20,26). The van der Waals surface area contributed by atoms with E-state index in [9.17, 15) is 4.79 Å². The summed E-state index contributed by atoms with van der Waals surface area (Å²) in [5, 5.41) is 15.2. The van der Waals surface area contributed by atoms with Gasteiger partial charge in [0.05, 0.1) is 11.9 Å². The molecule has 0 unspecified atom stereocenters. The van der Waals surface area contributed by atoms with Crippen LogP contribution >= 0.6 is 11.6 Å². The van der Waals surface area contributed by atoms with Crippen LogP contribution in [-0.2, 0) is 0 Å². The number of carbonyl (C=O) groups is 1. The lowest BCUT2D eigenvalue weighted by atomic mass is 10.2. The van der Waals surface area contributed by atoms with Gasteiger partial charge < -0.3 is 9.84 Å². The van der Waals surface area contributed by atoms with Crippen molar-refractivity contribution in [1.82, 2.24) is 25.1 Å². The fraction of sp³-hybridized carbons (Fsp3) is 0.0556. The topological polar surface area (TPSA) is 98.7 Å². The minimum absolute atomic E-state index is 0.160. The Bertz CT molecular complexity index is 1100. The van der Waals surface area contributed by atoms with E-state index < -0.39 is 5.91 Å². The van der Waals surface area contributed by atoms with Crippen molar-refractivity contribution in [2.75, 3.05) is 5.32 Å². The molecule has 2 heterocycles. The zero-order valence-electron chi connectivity index (χ0n) is 14.1. The van der Waals surface area contributed by atoms with Crippen molar-refractivity contribution in [2.45, 2.75) is 6.92 Å². The number of hydrogen-bond acceptors (Lipinski definition) is 6. The van der Waals surface area contributed by atoms with Crippen LogP contribution in [0.3, 0.4) is 0 Å². The zero-order valence-corrected chi connectivity index (χ0v) is 14.9. The number of carbonyl (C=O) groups excluding carboxylic acids is 1. The van der Waals surface area contributed by atoms with Crippen molar-refractivity contribution in [1.29, 1.82) is 0 Å². The largest absolute Gasteiger partial charge is 0.328 e. The first-order chi connectivity index (χ1) is 13.1. The molecule has 0 saturated carbocycles. The number of aryl methyl sites for hydroxylation is 1. The number of amides is 1. The van der Waals surface area contributed by atoms with Crippen LogP contribution in [0, 0.1) is 6.92 Å². The summed E-state index contributed by atoms with van der Waals surface area (Å²) in [6.45, 7) is 1.93. The molecule has 2 aromatic heterocycles. The second kappa shape index (κ2) is 7.00. The maximum absolute atomic E-state index is 12.3. The van der Waals surface area contributed by atoms with Crippen molar-refractivity contribution in [3.8, 4) is 17.2 Å². The molecule has 9 heteroatoms. The Morgan fingerprint density at radius 1 is 1.19 bits per heavy atom. The molecule has 0 atom stereocenters. The summed E-state index contributed by atoms with van der Waals surface area (Å²) in [5.41, 5.74) is 2.83. The van der Waals surface area contributed by atoms with Crippen LogP contribution < -0.4 is 5.32 Å². The van der Waals surface area contributed by atoms with Crippen LogP contribution in [0.1, 0.15) is 16.2 Å². The molecule has 0 bridgehead atoms. The molecule has 0 aliphatic rings. The van der Waals surface area contributed by atoms with Crippen LogP contribution in [0.2, 0.25) is 5.02 Å². The van der Waals surface area contributed by atoms with Gasteiger partial charge in [-0.2, -0.15) is 4.98 Å². The van der Waals surface area contributed by atoms with Crippen molar-refractivity contribution in [2.24, 2.45) is 0 Å². The van der Waals surface area contributed by atoms with E-state index in [1.165, 1.54) is 0 Å². The number of anilines is 1. The third kappa shape index (κ3) is 3.70. The maximum Gasteiger partial charge on any atom is 0.316 e. The molecule has 1 amide bonds. The number of halogens is 1. The molecular weight excluding hydrogens is 368 g/mol. The SMILES string of the molecule is Cc1cccc(NC(=O)c2nc(-c3cn(-c4ccc(Cl)cc4)nn3)no2)c1. The number of benzene rings is 2. The molecular formula is C18H13ClN6O2. The van der Waals surface area contributed by atoms with Gasteiger partial charge in [0.25, 0.3) is 0 Å². The minimum Gasteiger partial charge on any atom is -0.328 e. The molecule has 27 heavy (non-hydrogen) atoms. The number of nitrogens with one attached hydrogen (secondary N) is 1. The van der Waals surface area contributed by atoms with Gasteiger partial charge in [0.2, 0.25) is 5.82 Å². The predicted molar refractivity (Wildman–Crippen MR) is 98.8 cm³/mol. The molecule has 0 radical (unpaired) electrons. The summed E-state index contributed by atoms with van der Waals surface area (Å²) >= 11 is 5.88. The first-order valence-electron chi connectivity index (χ1n) is 7.99. The monoisotopic (exact) mass is 380 g/mol. The number of hydrogen-bond donors (Lipinski definition) is 1. The third-order valence-corrected chi connectivity index (χ3v) is 3.96. The van der Waals surface area contributed by atoms with Gasteiger partial charge in [-0.05, 0) is 48.9 Å². The lowest BCUT2D eigenvalue weighted by molar-refractivity contribution is 0.0981. The average Bonchev–Trinajstić information content (AvgIpc) is 3.32. The quantitative estimate of drug-likeness (QED) is 0.581. The summed E-state index contributed by atoms with van der Waals surface area (Å²) in [6, 6.07) is 14.5. The number of nitrogens with zero attached hydrogens (tertiary/aromatic N) is 5. The molecule has 0 spiro atoms. The Labute approximate surface area is 158 Å². The van der Waals surface area contributed by atoms with Gasteiger partial charge in [0, 0.05) is 10.7 Å². The summed E-state index contributed by atoms with van der Waals surface area (Å²) in [4.78, 5) is 16.4. The maximum atomic E-state index is 12.3. The van der Waals surface area contributed by atoms with E-state index in [1.807, 2.05) is 25.1 Å². The lowest BCUT2D eigenvalue weighted by Gasteiger charge is -2.02. The Hall–Kier alpha value is -3.52. The van der Waals surface area contributed by atoms with Gasteiger partial charge in [0.15, 0.2) is 5.69 Å². The molecule has 0 fully saturated rings. The molecule has 0 saturated heterocycles. The van der Waals surface area contributed by atoms with E-state index in [0.717, 1.165) is 11.3 Å². The van der Waals surface area contributed by atoms with Crippen LogP contribution in [-0.4, -0.2) is 31.0 Å². The highest BCUT2D eigenvalue weighted by Crippen LogP contribution is 2.17. The molecule has 4 rings (SSSR count). The molecule has 8 nitrogen and oxygen atoms in total. The highest BCUT2D eigenvalue weighted by atomic mass is 35.5. The zero-order chi connectivity index (χ0) is 18.8. The van der Waals surface area contributed by atoms with E-state index in [4.69, 9.17) is 16.1 Å². The van der Waals surface area contributed by atoms with E-state index >= 15 is 0 Å². The van der Waals surface area contributed by atoms with Gasteiger partial charge in [-0.25, -0.2) is 4.68 Å². The average molecular weight is 381 g/mol. The molecule has 2 aromatic carbocycles. The highest BCUT2D eigenvalue weighted by Gasteiger charge is 2.18. The summed E-state index contributed by atoms with van der Waals surface area (Å²) in [7, 11) is 0. The number of rotatable bonds is 4. The second-order valence-corrected chi connectivity index (χ2v) is 6.21. The Kier molecular flexibility index (Phi) is 4.39. The van der Waals surface area contributed by atoms with E-state index in [-0.39, 0.29) is 11.7 Å². The van der Waals surface area contributed by atoms with Crippen LogP contribution in [0.25, 0.3) is 17.2 Å². The molecule has 0 aliphatic carbocycles. The summed E-state index contributed by atoms with van der Waals surface area (Å²) in [5.74, 6) is -0.485. The smallest absolute Gasteiger partial charge is 0.316 e. The fourth-order valence-electron chi connectivity index (χ4n) is 2.41. The van der Waals surface area contributed by atoms with Crippen molar-refractivity contribution in [3.05, 3.63) is 71.2 Å². The Morgan fingerprint density at radius 2 is 2.00 bits per heavy atom. The highest BCUT2D eigenvalue weighted by molar-refractivity contribution is 6.30. The fourth-order valence-corrected chi connectivity index (χ4v) is 2.54. The Balaban J connectivity index is 1.52. The number of aromatic nitrogens is 5. The van der Waals surface area contributed by atoms with Gasteiger partial charge >= 0.3 is 11.8 Å². The van der Waals surface area contributed by atoms with Crippen LogP contribution in [0.4, 0.5) is 5.69 Å². The van der Waals surface area contributed by atoms with E-state index in [1.54, 1.807) is 41.2 Å². The van der Waals surface area contributed by atoms with Crippen LogP contribution in [0.15, 0.2) is 59.3 Å².